The molecule has 1 aromatic rings. The summed E-state index contributed by atoms with van der Waals surface area (Å²) in [4.78, 5) is 13.3. The van der Waals surface area contributed by atoms with Gasteiger partial charge >= 0.3 is 0 Å². The van der Waals surface area contributed by atoms with Gasteiger partial charge in [-0.3, -0.25) is 4.79 Å². The Morgan fingerprint density at radius 3 is 2.83 bits per heavy atom. The van der Waals surface area contributed by atoms with Crippen LogP contribution in [0.1, 0.15) is 30.4 Å². The van der Waals surface area contributed by atoms with E-state index >= 15 is 0 Å². The molecular weight excluding hydrogens is 226 g/mol. The van der Waals surface area contributed by atoms with Gasteiger partial charge in [0.25, 0.3) is 0 Å². The van der Waals surface area contributed by atoms with E-state index in [4.69, 9.17) is 4.74 Å². The summed E-state index contributed by atoms with van der Waals surface area (Å²) in [7, 11) is 0. The van der Waals surface area contributed by atoms with Gasteiger partial charge in [0.05, 0.1) is 6.54 Å². The third kappa shape index (κ3) is 2.35. The molecule has 0 N–H and O–H groups in total. The lowest BCUT2D eigenvalue weighted by Crippen LogP contribution is -2.29. The number of carbonyl (C=O) groups is 1. The summed E-state index contributed by atoms with van der Waals surface area (Å²) in [6.07, 6.45) is 5.35. The number of nitrogens with zero attached hydrogens (tertiary/aromatic N) is 1. The molecule has 96 valence electrons. The molecule has 18 heavy (non-hydrogen) atoms. The van der Waals surface area contributed by atoms with Crippen LogP contribution in [0.25, 0.3) is 0 Å². The van der Waals surface area contributed by atoms with Gasteiger partial charge in [0.15, 0.2) is 0 Å². The lowest BCUT2D eigenvalue weighted by molar-refractivity contribution is -0.128. The van der Waals surface area contributed by atoms with E-state index in [1.54, 1.807) is 0 Å². The zero-order valence-electron chi connectivity index (χ0n) is 10.7. The molecule has 0 saturated carbocycles. The zero-order chi connectivity index (χ0) is 12.4. The maximum Gasteiger partial charge on any atom is 0.222 e. The molecule has 3 nitrogen and oxygen atoms in total. The molecule has 0 bridgehead atoms. The van der Waals surface area contributed by atoms with E-state index in [9.17, 15) is 4.79 Å². The molecular formula is C15H19NO2. The minimum atomic E-state index is 0.271. The van der Waals surface area contributed by atoms with Crippen LogP contribution in [0.4, 0.5) is 0 Å². The van der Waals surface area contributed by atoms with Crippen molar-refractivity contribution in [3.8, 4) is 5.75 Å². The fraction of sp³-hybridized carbons (Fsp3) is 0.533. The van der Waals surface area contributed by atoms with Crippen molar-refractivity contribution in [3.63, 3.8) is 0 Å². The molecule has 2 aliphatic rings. The monoisotopic (exact) mass is 245 g/mol. The van der Waals surface area contributed by atoms with Crippen molar-refractivity contribution >= 4 is 5.91 Å². The van der Waals surface area contributed by atoms with Crippen LogP contribution in [-0.2, 0) is 17.6 Å². The van der Waals surface area contributed by atoms with Crippen LogP contribution in [0.5, 0.6) is 5.75 Å². The second kappa shape index (κ2) is 5.01. The Balaban J connectivity index is 1.52. The van der Waals surface area contributed by atoms with Crippen molar-refractivity contribution in [2.75, 3.05) is 19.7 Å². The van der Waals surface area contributed by atoms with Gasteiger partial charge in [-0.05, 0) is 48.9 Å². The van der Waals surface area contributed by atoms with E-state index in [0.29, 0.717) is 13.0 Å². The predicted octanol–water partition coefficient (Wildman–Crippen LogP) is 2.18. The Morgan fingerprint density at radius 2 is 2.00 bits per heavy atom. The van der Waals surface area contributed by atoms with Gasteiger partial charge in [0, 0.05) is 13.0 Å². The van der Waals surface area contributed by atoms with Crippen LogP contribution in [0, 0.1) is 0 Å². The first-order valence-corrected chi connectivity index (χ1v) is 6.85. The van der Waals surface area contributed by atoms with Gasteiger partial charge in [-0.1, -0.05) is 6.07 Å². The van der Waals surface area contributed by atoms with Crippen LogP contribution in [0.3, 0.4) is 0 Å². The molecule has 1 heterocycles. The van der Waals surface area contributed by atoms with Crippen molar-refractivity contribution in [2.45, 2.75) is 32.1 Å². The molecule has 0 radical (unpaired) electrons. The van der Waals surface area contributed by atoms with E-state index in [-0.39, 0.29) is 5.91 Å². The number of benzene rings is 1. The van der Waals surface area contributed by atoms with E-state index < -0.39 is 0 Å². The van der Waals surface area contributed by atoms with E-state index in [0.717, 1.165) is 25.3 Å². The normalized spacial score (nSPS) is 18.2. The summed E-state index contributed by atoms with van der Waals surface area (Å²) in [5, 5.41) is 0. The van der Waals surface area contributed by atoms with Gasteiger partial charge in [-0.2, -0.15) is 0 Å². The SMILES string of the molecule is O=C1CCCN1CCOc1ccc2c(c1)CCC2. The number of carbonyl (C=O) groups excluding carboxylic acids is 1. The first-order chi connectivity index (χ1) is 8.83. The Morgan fingerprint density at radius 1 is 1.11 bits per heavy atom. The topological polar surface area (TPSA) is 29.5 Å². The van der Waals surface area contributed by atoms with Crippen molar-refractivity contribution < 1.29 is 9.53 Å². The minimum Gasteiger partial charge on any atom is -0.492 e. The maximum atomic E-state index is 11.4. The average Bonchev–Trinajstić information content (AvgIpc) is 2.98. The van der Waals surface area contributed by atoms with E-state index in [1.807, 2.05) is 4.90 Å². The number of hydrogen-bond donors (Lipinski definition) is 0. The molecule has 3 rings (SSSR count). The molecule has 1 amide bonds. The second-order valence-corrected chi connectivity index (χ2v) is 5.12. The van der Waals surface area contributed by atoms with Crippen LogP contribution in [0.15, 0.2) is 18.2 Å². The number of fused-ring (bicyclic) bond motifs is 1. The van der Waals surface area contributed by atoms with E-state index in [2.05, 4.69) is 18.2 Å². The number of ether oxygens (including phenoxy) is 1. The van der Waals surface area contributed by atoms with Crippen molar-refractivity contribution in [1.29, 1.82) is 0 Å². The number of amides is 1. The van der Waals surface area contributed by atoms with Crippen LogP contribution < -0.4 is 4.74 Å². The van der Waals surface area contributed by atoms with Crippen LogP contribution in [-0.4, -0.2) is 30.5 Å². The predicted molar refractivity (Wildman–Crippen MR) is 69.8 cm³/mol. The highest BCUT2D eigenvalue weighted by Gasteiger charge is 2.19. The quantitative estimate of drug-likeness (QED) is 0.813. The number of rotatable bonds is 4. The number of aryl methyl sites for hydroxylation is 2. The third-order valence-corrected chi connectivity index (χ3v) is 3.87. The highest BCUT2D eigenvalue weighted by Crippen LogP contribution is 2.26. The van der Waals surface area contributed by atoms with E-state index in [1.165, 1.54) is 30.4 Å². The highest BCUT2D eigenvalue weighted by atomic mass is 16.5. The molecule has 1 saturated heterocycles. The molecule has 0 atom stereocenters. The summed E-state index contributed by atoms with van der Waals surface area (Å²) >= 11 is 0. The zero-order valence-corrected chi connectivity index (χ0v) is 10.7. The Hall–Kier alpha value is -1.51. The van der Waals surface area contributed by atoms with Crippen molar-refractivity contribution in [3.05, 3.63) is 29.3 Å². The molecule has 0 spiro atoms. The first-order valence-electron chi connectivity index (χ1n) is 6.85. The Kier molecular flexibility index (Phi) is 3.22. The smallest absolute Gasteiger partial charge is 0.222 e. The van der Waals surface area contributed by atoms with Crippen LogP contribution >= 0.6 is 0 Å². The van der Waals surface area contributed by atoms with Gasteiger partial charge in [-0.25, -0.2) is 0 Å². The minimum absolute atomic E-state index is 0.271. The largest absolute Gasteiger partial charge is 0.492 e. The first kappa shape index (κ1) is 11.6. The molecule has 1 aromatic carbocycles. The lowest BCUT2D eigenvalue weighted by atomic mass is 10.1. The summed E-state index contributed by atoms with van der Waals surface area (Å²) < 4.78 is 5.75. The van der Waals surface area contributed by atoms with Gasteiger partial charge < -0.3 is 9.64 Å². The average molecular weight is 245 g/mol. The molecule has 3 heteroatoms. The van der Waals surface area contributed by atoms with Gasteiger partial charge in [0.2, 0.25) is 5.91 Å². The Bertz CT molecular complexity index is 456. The highest BCUT2D eigenvalue weighted by molar-refractivity contribution is 5.78. The fourth-order valence-electron chi connectivity index (χ4n) is 2.85. The summed E-state index contributed by atoms with van der Waals surface area (Å²) in [6, 6.07) is 6.39. The second-order valence-electron chi connectivity index (χ2n) is 5.12. The number of hydrogen-bond acceptors (Lipinski definition) is 2. The summed E-state index contributed by atoms with van der Waals surface area (Å²) in [5.41, 5.74) is 2.90. The molecule has 0 aromatic heterocycles. The molecule has 1 fully saturated rings. The van der Waals surface area contributed by atoms with Crippen molar-refractivity contribution in [2.24, 2.45) is 0 Å². The number of likely N-dealkylation sites (tertiary alicyclic amines) is 1. The van der Waals surface area contributed by atoms with Crippen LogP contribution in [0.2, 0.25) is 0 Å². The molecule has 0 unspecified atom stereocenters. The lowest BCUT2D eigenvalue weighted by Gasteiger charge is -2.16. The third-order valence-electron chi connectivity index (χ3n) is 3.87. The van der Waals surface area contributed by atoms with Crippen molar-refractivity contribution in [1.82, 2.24) is 4.90 Å². The summed E-state index contributed by atoms with van der Waals surface area (Å²) in [5.74, 6) is 1.22. The summed E-state index contributed by atoms with van der Waals surface area (Å²) in [6.45, 7) is 2.22. The maximum absolute atomic E-state index is 11.4. The Labute approximate surface area is 108 Å². The van der Waals surface area contributed by atoms with Gasteiger partial charge in [-0.15, -0.1) is 0 Å². The molecule has 1 aliphatic heterocycles. The fourth-order valence-corrected chi connectivity index (χ4v) is 2.85. The molecule has 1 aliphatic carbocycles. The standard InChI is InChI=1S/C15H19NO2/c17-15-5-2-8-16(15)9-10-18-14-7-6-12-3-1-4-13(12)11-14/h6-7,11H,1-5,8-10H2. The van der Waals surface area contributed by atoms with Gasteiger partial charge in [0.1, 0.15) is 12.4 Å².